The molecule has 31 heavy (non-hydrogen) atoms. The summed E-state index contributed by atoms with van der Waals surface area (Å²) in [5.41, 5.74) is 0.832. The van der Waals surface area contributed by atoms with Gasteiger partial charge in [0.25, 0.3) is 0 Å². The van der Waals surface area contributed by atoms with Crippen LogP contribution in [0.2, 0.25) is 0 Å². The number of epoxide rings is 1. The van der Waals surface area contributed by atoms with Gasteiger partial charge in [-0.1, -0.05) is 56.0 Å². The van der Waals surface area contributed by atoms with Crippen LogP contribution >= 0.6 is 0 Å². The Kier molecular flexibility index (Phi) is 6.02. The van der Waals surface area contributed by atoms with Crippen LogP contribution in [0.1, 0.15) is 62.8 Å². The SMILES string of the molecule is CN1[C@@H]2CC(OC(=O)[C@H](COC(=O)CCC3CCCC3)c3ccccc3)C[C@H]1[C@@H]1O[C@@H]12. The van der Waals surface area contributed by atoms with Gasteiger partial charge in [-0.2, -0.15) is 0 Å². The molecular weight excluding hydrogens is 394 g/mol. The highest BCUT2D eigenvalue weighted by molar-refractivity contribution is 5.79. The van der Waals surface area contributed by atoms with Crippen molar-refractivity contribution in [2.75, 3.05) is 13.7 Å². The van der Waals surface area contributed by atoms with Gasteiger partial charge in [0.05, 0.1) is 0 Å². The Labute approximate surface area is 184 Å². The third kappa shape index (κ3) is 4.51. The summed E-state index contributed by atoms with van der Waals surface area (Å²) in [4.78, 5) is 27.8. The van der Waals surface area contributed by atoms with Crippen LogP contribution in [0.5, 0.6) is 0 Å². The summed E-state index contributed by atoms with van der Waals surface area (Å²) in [6, 6.07) is 10.2. The second-order valence-electron chi connectivity index (χ2n) is 9.73. The van der Waals surface area contributed by atoms with E-state index in [4.69, 9.17) is 14.2 Å². The molecule has 1 unspecified atom stereocenters. The first-order valence-electron chi connectivity index (χ1n) is 11.9. The summed E-state index contributed by atoms with van der Waals surface area (Å²) in [6.45, 7) is 0.0419. The van der Waals surface area contributed by atoms with Crippen LogP contribution in [0.4, 0.5) is 0 Å². The van der Waals surface area contributed by atoms with Crippen molar-refractivity contribution in [1.82, 2.24) is 4.90 Å². The van der Waals surface area contributed by atoms with Gasteiger partial charge in [0.1, 0.15) is 30.8 Å². The van der Waals surface area contributed by atoms with E-state index in [9.17, 15) is 9.59 Å². The van der Waals surface area contributed by atoms with Gasteiger partial charge in [0.15, 0.2) is 0 Å². The molecule has 1 aromatic carbocycles. The minimum Gasteiger partial charge on any atom is -0.464 e. The van der Waals surface area contributed by atoms with E-state index in [-0.39, 0.29) is 24.6 Å². The molecule has 3 heterocycles. The van der Waals surface area contributed by atoms with Crippen molar-refractivity contribution in [3.8, 4) is 0 Å². The second kappa shape index (κ2) is 8.91. The van der Waals surface area contributed by atoms with E-state index < -0.39 is 5.92 Å². The second-order valence-corrected chi connectivity index (χ2v) is 9.73. The Morgan fingerprint density at radius 1 is 1.10 bits per heavy atom. The molecular formula is C25H33NO5. The zero-order valence-electron chi connectivity index (χ0n) is 18.3. The predicted octanol–water partition coefficient (Wildman–Crippen LogP) is 3.44. The van der Waals surface area contributed by atoms with E-state index in [2.05, 4.69) is 11.9 Å². The van der Waals surface area contributed by atoms with Gasteiger partial charge in [0.2, 0.25) is 0 Å². The van der Waals surface area contributed by atoms with Crippen LogP contribution in [0.3, 0.4) is 0 Å². The lowest BCUT2D eigenvalue weighted by molar-refractivity contribution is -0.159. The minimum absolute atomic E-state index is 0.0419. The number of likely N-dealkylation sites (N-methyl/N-ethyl adjacent to an activating group) is 1. The summed E-state index contributed by atoms with van der Waals surface area (Å²) in [5.74, 6) is -0.439. The van der Waals surface area contributed by atoms with Gasteiger partial charge in [-0.25, -0.2) is 0 Å². The molecule has 4 aliphatic rings. The van der Waals surface area contributed by atoms with E-state index in [1.807, 2.05) is 30.3 Å². The molecule has 0 aromatic heterocycles. The largest absolute Gasteiger partial charge is 0.464 e. The van der Waals surface area contributed by atoms with Crippen molar-refractivity contribution in [3.05, 3.63) is 35.9 Å². The van der Waals surface area contributed by atoms with Gasteiger partial charge >= 0.3 is 11.9 Å². The van der Waals surface area contributed by atoms with Crippen molar-refractivity contribution in [3.63, 3.8) is 0 Å². The van der Waals surface area contributed by atoms with Crippen LogP contribution in [0, 0.1) is 5.92 Å². The smallest absolute Gasteiger partial charge is 0.317 e. The number of benzene rings is 1. The average molecular weight is 428 g/mol. The molecule has 3 aliphatic heterocycles. The molecule has 2 bridgehead atoms. The van der Waals surface area contributed by atoms with Crippen LogP contribution in [0.25, 0.3) is 0 Å². The fourth-order valence-electron chi connectivity index (χ4n) is 5.90. The minimum atomic E-state index is -0.584. The van der Waals surface area contributed by atoms with Crippen LogP contribution in [-0.2, 0) is 23.8 Å². The highest BCUT2D eigenvalue weighted by Crippen LogP contribution is 2.48. The third-order valence-electron chi connectivity index (χ3n) is 7.79. The van der Waals surface area contributed by atoms with E-state index in [0.29, 0.717) is 36.6 Å². The highest BCUT2D eigenvalue weighted by atomic mass is 16.6. The van der Waals surface area contributed by atoms with Crippen LogP contribution in [0.15, 0.2) is 30.3 Å². The molecule has 0 radical (unpaired) electrons. The summed E-state index contributed by atoms with van der Waals surface area (Å²) < 4.78 is 17.3. The van der Waals surface area contributed by atoms with E-state index in [0.717, 1.165) is 24.8 Å². The number of piperidine rings is 1. The first-order chi connectivity index (χ1) is 15.1. The number of rotatable bonds is 8. The molecule has 0 spiro atoms. The zero-order chi connectivity index (χ0) is 21.4. The average Bonchev–Trinajstić information content (AvgIpc) is 3.34. The molecule has 0 N–H and O–H groups in total. The summed E-state index contributed by atoms with van der Waals surface area (Å²) in [5, 5.41) is 0. The van der Waals surface area contributed by atoms with E-state index in [1.165, 1.54) is 25.7 Å². The number of ether oxygens (including phenoxy) is 3. The lowest BCUT2D eigenvalue weighted by atomic mass is 9.97. The fraction of sp³-hybridized carbons (Fsp3) is 0.680. The maximum Gasteiger partial charge on any atom is 0.317 e. The first kappa shape index (κ1) is 21.0. The molecule has 168 valence electrons. The van der Waals surface area contributed by atoms with Crippen molar-refractivity contribution in [2.24, 2.45) is 5.92 Å². The number of esters is 2. The van der Waals surface area contributed by atoms with Crippen LogP contribution < -0.4 is 0 Å². The number of hydrogen-bond acceptors (Lipinski definition) is 6. The Hall–Kier alpha value is -1.92. The molecule has 0 amide bonds. The normalized spacial score (nSPS) is 33.0. The maximum atomic E-state index is 13.1. The number of morpholine rings is 1. The molecule has 6 heteroatoms. The van der Waals surface area contributed by atoms with E-state index in [1.54, 1.807) is 0 Å². The zero-order valence-corrected chi connectivity index (χ0v) is 18.3. The van der Waals surface area contributed by atoms with Crippen molar-refractivity contribution >= 4 is 11.9 Å². The number of hydrogen-bond donors (Lipinski definition) is 0. The van der Waals surface area contributed by atoms with Crippen molar-refractivity contribution in [1.29, 1.82) is 0 Å². The van der Waals surface area contributed by atoms with Crippen LogP contribution in [-0.4, -0.2) is 60.9 Å². The van der Waals surface area contributed by atoms with Crippen molar-refractivity contribution in [2.45, 2.75) is 87.7 Å². The Morgan fingerprint density at radius 3 is 2.45 bits per heavy atom. The van der Waals surface area contributed by atoms with Gasteiger partial charge in [-0.15, -0.1) is 0 Å². The van der Waals surface area contributed by atoms with E-state index >= 15 is 0 Å². The summed E-state index contributed by atoms with van der Waals surface area (Å²) in [6.07, 6.45) is 8.44. The molecule has 5 rings (SSSR count). The Balaban J connectivity index is 1.17. The van der Waals surface area contributed by atoms with Gasteiger partial charge < -0.3 is 14.2 Å². The molecule has 6 nitrogen and oxygen atoms in total. The molecule has 6 atom stereocenters. The van der Waals surface area contributed by atoms with Gasteiger partial charge in [-0.05, 0) is 24.9 Å². The molecule has 1 saturated carbocycles. The lowest BCUT2D eigenvalue weighted by Crippen LogP contribution is -2.48. The standard InChI is InChI=1S/C25H33NO5/c1-26-20-13-18(14-21(26)24-23(20)31-24)30-25(28)19(17-9-3-2-4-10-17)15-29-22(27)12-11-16-7-5-6-8-16/h2-4,9-10,16,18-21,23-24H,5-8,11-15H2,1H3/t18?,19-,20-,21+,23-,24+/m1/s1. The monoisotopic (exact) mass is 427 g/mol. The quantitative estimate of drug-likeness (QED) is 0.468. The highest BCUT2D eigenvalue weighted by Gasteiger charge is 2.62. The number of carbonyl (C=O) groups is 2. The first-order valence-corrected chi connectivity index (χ1v) is 11.9. The predicted molar refractivity (Wildman–Crippen MR) is 114 cm³/mol. The molecule has 3 saturated heterocycles. The fourth-order valence-corrected chi connectivity index (χ4v) is 5.90. The van der Waals surface area contributed by atoms with Gasteiger partial charge in [0, 0.05) is 31.3 Å². The Bertz CT molecular complexity index is 774. The Morgan fingerprint density at radius 2 is 1.77 bits per heavy atom. The molecule has 4 fully saturated rings. The number of nitrogens with zero attached hydrogens (tertiary/aromatic N) is 1. The van der Waals surface area contributed by atoms with Gasteiger partial charge in [-0.3, -0.25) is 14.5 Å². The molecule has 1 aliphatic carbocycles. The summed E-state index contributed by atoms with van der Waals surface area (Å²) >= 11 is 0. The van der Waals surface area contributed by atoms with Crippen molar-refractivity contribution < 1.29 is 23.8 Å². The summed E-state index contributed by atoms with van der Waals surface area (Å²) in [7, 11) is 2.14. The maximum absolute atomic E-state index is 13.1. The topological polar surface area (TPSA) is 68.4 Å². The lowest BCUT2D eigenvalue weighted by Gasteiger charge is -2.38. The number of carbonyl (C=O) groups excluding carboxylic acids is 2. The number of fused-ring (bicyclic) bond motifs is 5. The molecule has 1 aromatic rings. The third-order valence-corrected chi connectivity index (χ3v) is 7.79.